The first-order valence-corrected chi connectivity index (χ1v) is 28.6. The van der Waals surface area contributed by atoms with Gasteiger partial charge in [-0.25, -0.2) is 8.78 Å². The number of nitrogens with one attached hydrogen (secondary N) is 2. The molecule has 8 rings (SSSR count). The maximum atomic E-state index is 14.4. The largest absolute Gasteiger partial charge is 0.494 e. The fourth-order valence-electron chi connectivity index (χ4n) is 9.46. The third-order valence-corrected chi connectivity index (χ3v) is 14.5. The van der Waals surface area contributed by atoms with Crippen LogP contribution in [0.5, 0.6) is 11.5 Å². The zero-order chi connectivity index (χ0) is 60.1. The SMILES string of the molecule is CC/C(=C(/c1ccc(OCCCC/C=C/C(=O)N(C)CCO)cc1)c1ccc2n[nH]c(F)c2c1)c1ccc(F)cc1Cl.CC/C(=C(/c1ccc(OCCCC/C=C/C(=O)N(C)CCO)cc1)c1ccc2n[nH]c(F)c2c1)c1ccc(F)cc1Cl. The van der Waals surface area contributed by atoms with Crippen LogP contribution in [-0.2, 0) is 9.59 Å². The molecule has 0 aliphatic heterocycles. The van der Waals surface area contributed by atoms with Crippen molar-refractivity contribution in [2.45, 2.75) is 65.2 Å². The van der Waals surface area contributed by atoms with Gasteiger partial charge in [0, 0.05) is 27.2 Å². The first-order chi connectivity index (χ1) is 40.6. The van der Waals surface area contributed by atoms with E-state index in [4.69, 9.17) is 42.9 Å². The molecular weight excluding hydrogens is 1120 g/mol. The lowest BCUT2D eigenvalue weighted by molar-refractivity contribution is -0.125. The Kier molecular flexibility index (Phi) is 23.9. The molecule has 0 atom stereocenters. The minimum absolute atomic E-state index is 0.0601. The molecule has 440 valence electrons. The van der Waals surface area contributed by atoms with Gasteiger partial charge >= 0.3 is 0 Å². The van der Waals surface area contributed by atoms with Crippen LogP contribution < -0.4 is 9.47 Å². The summed E-state index contributed by atoms with van der Waals surface area (Å²) in [7, 11) is 3.30. The van der Waals surface area contributed by atoms with Crippen LogP contribution in [-0.4, -0.2) is 106 Å². The second kappa shape index (κ2) is 31.6. The van der Waals surface area contributed by atoms with Crippen LogP contribution in [0.3, 0.4) is 0 Å². The molecule has 8 aromatic rings. The highest BCUT2D eigenvalue weighted by Gasteiger charge is 2.20. The fraction of sp³-hybridized carbons (Fsp3) is 0.273. The molecule has 2 heterocycles. The zero-order valence-corrected chi connectivity index (χ0v) is 48.9. The number of aliphatic hydroxyl groups is 2. The van der Waals surface area contributed by atoms with Gasteiger partial charge in [-0.15, -0.1) is 0 Å². The summed E-state index contributed by atoms with van der Waals surface area (Å²) in [5.41, 5.74) is 9.27. The first kappa shape index (κ1) is 63.6. The number of benzene rings is 6. The number of nitrogens with zero attached hydrogens (tertiary/aromatic N) is 4. The molecule has 0 aliphatic rings. The van der Waals surface area contributed by atoms with E-state index in [1.165, 1.54) is 46.2 Å². The predicted octanol–water partition coefficient (Wildman–Crippen LogP) is 14.8. The van der Waals surface area contributed by atoms with Crippen LogP contribution >= 0.6 is 23.2 Å². The third kappa shape index (κ3) is 17.1. The molecule has 0 saturated heterocycles. The number of halogens is 6. The molecule has 18 heteroatoms. The average molecular weight is 1190 g/mol. The van der Waals surface area contributed by atoms with Crippen LogP contribution in [0, 0.1) is 23.5 Å². The third-order valence-electron chi connectivity index (χ3n) is 13.9. The lowest BCUT2D eigenvalue weighted by Crippen LogP contribution is -2.27. The minimum Gasteiger partial charge on any atom is -0.494 e. The molecule has 0 unspecified atom stereocenters. The van der Waals surface area contributed by atoms with Gasteiger partial charge in [0.15, 0.2) is 0 Å². The number of hydrogen-bond donors (Lipinski definition) is 4. The van der Waals surface area contributed by atoms with Crippen molar-refractivity contribution in [3.63, 3.8) is 0 Å². The summed E-state index contributed by atoms with van der Waals surface area (Å²) >= 11 is 13.0. The Labute approximate surface area is 496 Å². The number of likely N-dealkylation sites (N-methyl/N-ethyl adjacent to an activating group) is 2. The van der Waals surface area contributed by atoms with Gasteiger partial charge in [0.1, 0.15) is 23.1 Å². The Hall–Kier alpha value is -8.02. The first-order valence-electron chi connectivity index (χ1n) is 27.8. The van der Waals surface area contributed by atoms with E-state index in [-0.39, 0.29) is 25.0 Å². The van der Waals surface area contributed by atoms with E-state index in [1.807, 2.05) is 86.7 Å². The van der Waals surface area contributed by atoms with Crippen LogP contribution in [0.4, 0.5) is 17.6 Å². The van der Waals surface area contributed by atoms with Crippen LogP contribution in [0.15, 0.2) is 146 Å². The van der Waals surface area contributed by atoms with Gasteiger partial charge in [0.05, 0.1) is 58.3 Å². The van der Waals surface area contributed by atoms with E-state index in [1.54, 1.807) is 50.5 Å². The number of unbranched alkanes of at least 4 members (excludes halogenated alkanes) is 4. The number of H-pyrrole nitrogens is 2. The summed E-state index contributed by atoms with van der Waals surface area (Å²) in [4.78, 5) is 26.7. The summed E-state index contributed by atoms with van der Waals surface area (Å²) in [5.74, 6) is -0.688. The number of aliphatic hydroxyl groups excluding tert-OH is 2. The number of aromatic nitrogens is 4. The molecule has 0 aliphatic carbocycles. The van der Waals surface area contributed by atoms with Crippen molar-refractivity contribution in [3.05, 3.63) is 213 Å². The van der Waals surface area contributed by atoms with Crippen molar-refractivity contribution < 1.29 is 46.8 Å². The molecule has 2 aromatic heterocycles. The molecule has 2 amide bonds. The van der Waals surface area contributed by atoms with Crippen LogP contribution in [0.25, 0.3) is 44.1 Å². The number of rotatable bonds is 26. The minimum atomic E-state index is -0.510. The highest BCUT2D eigenvalue weighted by atomic mass is 35.5. The van der Waals surface area contributed by atoms with E-state index in [9.17, 15) is 27.2 Å². The van der Waals surface area contributed by atoms with Crippen molar-refractivity contribution in [3.8, 4) is 11.5 Å². The van der Waals surface area contributed by atoms with Crippen LogP contribution in [0.1, 0.15) is 98.6 Å². The quantitative estimate of drug-likeness (QED) is 0.0181. The summed E-state index contributed by atoms with van der Waals surface area (Å²) < 4.78 is 68.5. The Morgan fingerprint density at radius 2 is 0.917 bits per heavy atom. The highest BCUT2D eigenvalue weighted by Crippen LogP contribution is 2.41. The second-order valence-corrected chi connectivity index (χ2v) is 20.5. The summed E-state index contributed by atoms with van der Waals surface area (Å²) in [6.45, 7) is 5.55. The number of allylic oxidation sites excluding steroid dienone is 4. The van der Waals surface area contributed by atoms with Gasteiger partial charge in [-0.3, -0.25) is 19.8 Å². The number of fused-ring (bicyclic) bond motifs is 2. The number of hydrogen-bond acceptors (Lipinski definition) is 8. The Balaban J connectivity index is 0.000000241. The Morgan fingerprint density at radius 1 is 0.536 bits per heavy atom. The van der Waals surface area contributed by atoms with Crippen molar-refractivity contribution >= 4 is 79.1 Å². The number of carbonyl (C=O) groups is 2. The van der Waals surface area contributed by atoms with Crippen molar-refractivity contribution in [2.24, 2.45) is 0 Å². The molecule has 84 heavy (non-hydrogen) atoms. The normalized spacial score (nSPS) is 12.1. The maximum Gasteiger partial charge on any atom is 0.246 e. The van der Waals surface area contributed by atoms with Gasteiger partial charge in [0.25, 0.3) is 0 Å². The van der Waals surface area contributed by atoms with E-state index in [0.717, 1.165) is 83.1 Å². The summed E-state index contributed by atoms with van der Waals surface area (Å²) in [6, 6.07) is 34.9. The number of amides is 2. The molecule has 0 fully saturated rings. The standard InChI is InChI=1S/2C33H34ClF2N3O3/c2*1-3-26(27-15-12-24(35)21-29(27)34)32(23-11-16-30-28(20-23)33(36)38-37-30)22-9-13-25(14-10-22)42-19-7-5-4-6-8-31(41)39(2)17-18-40/h2*6,8-16,20-21,40H,3-5,7,17-19H2,1-2H3,(H,37,38)/b2*8-6+,32-26+. The molecule has 0 bridgehead atoms. The summed E-state index contributed by atoms with van der Waals surface area (Å²) in [5, 5.41) is 32.0. The van der Waals surface area contributed by atoms with Crippen molar-refractivity contribution in [1.29, 1.82) is 0 Å². The lowest BCUT2D eigenvalue weighted by atomic mass is 9.87. The Morgan fingerprint density at radius 3 is 1.27 bits per heavy atom. The van der Waals surface area contributed by atoms with Gasteiger partial charge < -0.3 is 29.5 Å². The zero-order valence-electron chi connectivity index (χ0n) is 47.3. The molecule has 0 radical (unpaired) electrons. The molecular formula is C66H68Cl2F4N6O6. The van der Waals surface area contributed by atoms with E-state index < -0.39 is 23.5 Å². The molecule has 6 aromatic carbocycles. The van der Waals surface area contributed by atoms with Gasteiger partial charge in [0.2, 0.25) is 23.7 Å². The average Bonchev–Trinajstić information content (AvgIpc) is 4.18. The van der Waals surface area contributed by atoms with E-state index >= 15 is 0 Å². The highest BCUT2D eigenvalue weighted by molar-refractivity contribution is 6.33. The lowest BCUT2D eigenvalue weighted by Gasteiger charge is -2.18. The number of aromatic amines is 2. The second-order valence-electron chi connectivity index (χ2n) is 19.7. The maximum absolute atomic E-state index is 14.4. The molecule has 4 N–H and O–H groups in total. The van der Waals surface area contributed by atoms with E-state index in [2.05, 4.69) is 20.4 Å². The topological polar surface area (TPSA) is 157 Å². The predicted molar refractivity (Wildman–Crippen MR) is 327 cm³/mol. The number of ether oxygens (including phenoxy) is 2. The smallest absolute Gasteiger partial charge is 0.246 e. The number of carbonyl (C=O) groups excluding carboxylic acids is 2. The monoisotopic (exact) mass is 1190 g/mol. The fourth-order valence-corrected chi connectivity index (χ4v) is 10.0. The van der Waals surface area contributed by atoms with Crippen LogP contribution in [0.2, 0.25) is 10.0 Å². The molecule has 0 spiro atoms. The van der Waals surface area contributed by atoms with Crippen molar-refractivity contribution in [2.75, 3.05) is 53.6 Å². The van der Waals surface area contributed by atoms with Gasteiger partial charge in [-0.05, 0) is 192 Å². The summed E-state index contributed by atoms with van der Waals surface area (Å²) in [6.07, 6.45) is 12.8. The van der Waals surface area contributed by atoms with E-state index in [0.29, 0.717) is 93.6 Å². The van der Waals surface area contributed by atoms with Gasteiger partial charge in [-0.2, -0.15) is 19.0 Å². The van der Waals surface area contributed by atoms with Gasteiger partial charge in [-0.1, -0.05) is 97.7 Å². The molecule has 0 saturated carbocycles. The molecule has 12 nitrogen and oxygen atoms in total. The Bertz CT molecular complexity index is 3400. The van der Waals surface area contributed by atoms with Crippen molar-refractivity contribution in [1.82, 2.24) is 30.2 Å².